The smallest absolute Gasteiger partial charge is 0.442 e. The van der Waals surface area contributed by atoms with Crippen LogP contribution in [0.3, 0.4) is 0 Å². The molecule has 1 aliphatic carbocycles. The number of nitrogens with one attached hydrogen (secondary N) is 1. The molecule has 0 spiro atoms. The van der Waals surface area contributed by atoms with E-state index in [-0.39, 0.29) is 36.1 Å². The van der Waals surface area contributed by atoms with Gasteiger partial charge in [0, 0.05) is 24.1 Å². The van der Waals surface area contributed by atoms with E-state index in [1.165, 1.54) is 40.8 Å². The molecule has 0 aliphatic heterocycles. The second kappa shape index (κ2) is 16.1. The second-order valence-electron chi connectivity index (χ2n) is 12.0. The van der Waals surface area contributed by atoms with Crippen LogP contribution >= 0.6 is 7.82 Å². The van der Waals surface area contributed by atoms with Crippen LogP contribution in [0.25, 0.3) is 0 Å². The maximum Gasteiger partial charge on any atom is 0.524 e. The van der Waals surface area contributed by atoms with Gasteiger partial charge in [0.05, 0.1) is 24.9 Å². The maximum absolute atomic E-state index is 12.8. The van der Waals surface area contributed by atoms with Gasteiger partial charge in [0.2, 0.25) is 0 Å². The van der Waals surface area contributed by atoms with Crippen LogP contribution in [0, 0.1) is 13.8 Å². The van der Waals surface area contributed by atoms with Crippen LogP contribution in [-0.2, 0) is 44.6 Å². The van der Waals surface area contributed by atoms with Crippen LogP contribution in [0.1, 0.15) is 78.8 Å². The SMILES string of the molecule is Cc1cc(C)c(C(C)(C)CC(=O)OCn2nccc2NC(=O)c2cc(COCC(F)(F)F)nn2C)c(OP(=O)(O)O)c1.FC1CCCC1. The minimum atomic E-state index is -4.87. The van der Waals surface area contributed by atoms with E-state index in [1.807, 2.05) is 0 Å². The summed E-state index contributed by atoms with van der Waals surface area (Å²) in [5.74, 6) is -1.19. The molecular weight excluding hydrogens is 665 g/mol. The molecule has 0 unspecified atom stereocenters. The molecule has 1 amide bonds. The van der Waals surface area contributed by atoms with E-state index in [0.29, 0.717) is 16.7 Å². The third-order valence-corrected chi connectivity index (χ3v) is 7.63. The Labute approximate surface area is 274 Å². The first-order chi connectivity index (χ1) is 22.2. The summed E-state index contributed by atoms with van der Waals surface area (Å²) in [6.07, 6.45) is 0.0855. The van der Waals surface area contributed by atoms with Crippen molar-refractivity contribution in [1.82, 2.24) is 19.6 Å². The van der Waals surface area contributed by atoms with Crippen molar-refractivity contribution in [3.8, 4) is 5.75 Å². The molecule has 1 fully saturated rings. The highest BCUT2D eigenvalue weighted by Crippen LogP contribution is 2.45. The number of phosphoric ester groups is 1. The predicted molar refractivity (Wildman–Crippen MR) is 165 cm³/mol. The number of esters is 1. The molecule has 0 atom stereocenters. The highest BCUT2D eigenvalue weighted by molar-refractivity contribution is 7.46. The van der Waals surface area contributed by atoms with Crippen molar-refractivity contribution in [2.24, 2.45) is 7.05 Å². The predicted octanol–water partition coefficient (Wildman–Crippen LogP) is 5.80. The number of alkyl halides is 4. The Hall–Kier alpha value is -3.79. The van der Waals surface area contributed by atoms with Crippen LogP contribution in [-0.4, -0.2) is 60.2 Å². The van der Waals surface area contributed by atoms with Crippen molar-refractivity contribution in [1.29, 1.82) is 0 Å². The number of ether oxygens (including phenoxy) is 2. The largest absolute Gasteiger partial charge is 0.524 e. The molecule has 13 nitrogen and oxygen atoms in total. The molecule has 266 valence electrons. The van der Waals surface area contributed by atoms with Gasteiger partial charge in [-0.25, -0.2) is 13.6 Å². The second-order valence-corrected chi connectivity index (χ2v) is 13.2. The Bertz CT molecular complexity index is 1610. The van der Waals surface area contributed by atoms with Crippen LogP contribution in [0.4, 0.5) is 23.4 Å². The van der Waals surface area contributed by atoms with Crippen molar-refractivity contribution in [2.45, 2.75) is 90.9 Å². The van der Waals surface area contributed by atoms with Crippen LogP contribution < -0.4 is 9.84 Å². The number of phosphoric acid groups is 1. The van der Waals surface area contributed by atoms with E-state index in [2.05, 4.69) is 20.3 Å². The zero-order valence-corrected chi connectivity index (χ0v) is 28.1. The quantitative estimate of drug-likeness (QED) is 0.119. The Morgan fingerprint density at radius 3 is 2.38 bits per heavy atom. The minimum absolute atomic E-state index is 0.0360. The molecular formula is C30H40F4N5O8P. The van der Waals surface area contributed by atoms with Gasteiger partial charge >= 0.3 is 20.0 Å². The fourth-order valence-electron chi connectivity index (χ4n) is 5.31. The number of benzene rings is 1. The summed E-state index contributed by atoms with van der Waals surface area (Å²) in [7, 11) is -3.43. The minimum Gasteiger partial charge on any atom is -0.442 e. The number of amides is 1. The first kappa shape index (κ1) is 38.7. The highest BCUT2D eigenvalue weighted by Gasteiger charge is 2.33. The summed E-state index contributed by atoms with van der Waals surface area (Å²) in [6, 6.07) is 6.01. The lowest BCUT2D eigenvalue weighted by atomic mass is 9.78. The van der Waals surface area contributed by atoms with Crippen LogP contribution in [0.2, 0.25) is 0 Å². The lowest BCUT2D eigenvalue weighted by Gasteiger charge is -2.29. The molecule has 1 aromatic carbocycles. The number of nitrogens with zero attached hydrogens (tertiary/aromatic N) is 4. The Kier molecular flexibility index (Phi) is 12.9. The molecule has 3 N–H and O–H groups in total. The molecule has 18 heteroatoms. The molecule has 48 heavy (non-hydrogen) atoms. The summed E-state index contributed by atoms with van der Waals surface area (Å²) in [6.45, 7) is 4.61. The first-order valence-corrected chi connectivity index (χ1v) is 16.4. The third-order valence-electron chi connectivity index (χ3n) is 7.19. The number of aromatic nitrogens is 4. The van der Waals surface area contributed by atoms with Gasteiger partial charge in [0.25, 0.3) is 5.91 Å². The molecule has 3 aromatic rings. The van der Waals surface area contributed by atoms with Gasteiger partial charge in [-0.1, -0.05) is 32.8 Å². The standard InChI is InChI=1S/C25H31F3N5O8P.C5H9F/c1-15-8-16(2)22(19(9-15)41-42(36,37)38)24(3,4)11-21(34)40-14-33-20(6-7-29-33)30-23(35)18-10-17(31-32(18)5)12-39-13-25(26,27)28;6-5-3-1-2-4-5/h6-10H,11-14H2,1-5H3,(H,30,35)(H2,36,37,38);5H,1-4H2. The number of rotatable bonds is 12. The normalized spacial score (nSPS) is 14.0. The van der Waals surface area contributed by atoms with Crippen LogP contribution in [0.5, 0.6) is 5.75 Å². The molecule has 1 saturated carbocycles. The van der Waals surface area contributed by atoms with E-state index in [9.17, 15) is 41.5 Å². The topological polar surface area (TPSA) is 167 Å². The van der Waals surface area contributed by atoms with Crippen molar-refractivity contribution >= 4 is 25.5 Å². The summed E-state index contributed by atoms with van der Waals surface area (Å²) >= 11 is 0. The van der Waals surface area contributed by atoms with E-state index in [1.54, 1.807) is 33.8 Å². The Balaban J connectivity index is 0.000000935. The number of aryl methyl sites for hydroxylation is 3. The number of anilines is 1. The number of carbonyl (C=O) groups is 2. The van der Waals surface area contributed by atoms with Gasteiger partial charge in [-0.15, -0.1) is 0 Å². The van der Waals surface area contributed by atoms with E-state index < -0.39 is 50.7 Å². The molecule has 1 aliphatic rings. The average molecular weight is 706 g/mol. The molecule has 0 radical (unpaired) electrons. The summed E-state index contributed by atoms with van der Waals surface area (Å²) < 4.78 is 77.6. The van der Waals surface area contributed by atoms with Crippen molar-refractivity contribution in [3.05, 3.63) is 58.5 Å². The van der Waals surface area contributed by atoms with Gasteiger partial charge in [-0.05, 0) is 49.9 Å². The molecule has 2 aromatic heterocycles. The first-order valence-electron chi connectivity index (χ1n) is 14.9. The molecule has 2 heterocycles. The zero-order chi connectivity index (χ0) is 35.9. The van der Waals surface area contributed by atoms with Gasteiger partial charge in [-0.3, -0.25) is 24.1 Å². The van der Waals surface area contributed by atoms with E-state index in [0.717, 1.165) is 25.7 Å². The molecule has 0 saturated heterocycles. The van der Waals surface area contributed by atoms with Gasteiger partial charge in [0.1, 0.15) is 30.0 Å². The summed E-state index contributed by atoms with van der Waals surface area (Å²) in [5, 5.41) is 10.6. The van der Waals surface area contributed by atoms with Crippen LogP contribution in [0.15, 0.2) is 30.5 Å². The molecule has 4 rings (SSSR count). The highest BCUT2D eigenvalue weighted by atomic mass is 31.2. The lowest BCUT2D eigenvalue weighted by Crippen LogP contribution is -2.26. The number of carbonyl (C=O) groups excluding carboxylic acids is 2. The van der Waals surface area contributed by atoms with Gasteiger partial charge < -0.3 is 19.3 Å². The Morgan fingerprint density at radius 2 is 1.79 bits per heavy atom. The Morgan fingerprint density at radius 1 is 1.12 bits per heavy atom. The average Bonchev–Trinajstić information content (AvgIpc) is 3.67. The number of halogens is 4. The van der Waals surface area contributed by atoms with Crippen molar-refractivity contribution < 1.29 is 55.5 Å². The fraction of sp³-hybridized carbons (Fsp3) is 0.533. The lowest BCUT2D eigenvalue weighted by molar-refractivity contribution is -0.176. The van der Waals surface area contributed by atoms with Crippen molar-refractivity contribution in [3.63, 3.8) is 0 Å². The zero-order valence-electron chi connectivity index (χ0n) is 27.2. The fourth-order valence-corrected chi connectivity index (χ4v) is 5.71. The number of hydrogen-bond acceptors (Lipinski definition) is 8. The number of hydrogen-bond donors (Lipinski definition) is 3. The monoisotopic (exact) mass is 705 g/mol. The van der Waals surface area contributed by atoms with E-state index in [4.69, 9.17) is 9.26 Å². The maximum atomic E-state index is 12.8. The third kappa shape index (κ3) is 12.0. The summed E-state index contributed by atoms with van der Waals surface area (Å²) in [4.78, 5) is 44.3. The van der Waals surface area contributed by atoms with Gasteiger partial charge in [0.15, 0.2) is 6.73 Å². The summed E-state index contributed by atoms with van der Waals surface area (Å²) in [5.41, 5.74) is 1.01. The van der Waals surface area contributed by atoms with Crippen molar-refractivity contribution in [2.75, 3.05) is 11.9 Å². The molecule has 0 bridgehead atoms. The van der Waals surface area contributed by atoms with Gasteiger partial charge in [-0.2, -0.15) is 23.4 Å². The van der Waals surface area contributed by atoms with E-state index >= 15 is 0 Å².